The minimum absolute atomic E-state index is 0.00144. The van der Waals surface area contributed by atoms with E-state index >= 15 is 0 Å². The summed E-state index contributed by atoms with van der Waals surface area (Å²) in [6.45, 7) is 15.0. The van der Waals surface area contributed by atoms with Gasteiger partial charge >= 0.3 is 0 Å². The molecule has 2 aromatic rings. The SMILES string of the molecule is CC1(C)[C@H](CO[Si](c2ccccc2)(c2ccccc2)C(C)(C)C)CC[C@]1(C)C=CCO. The molecule has 2 aromatic carbocycles. The van der Waals surface area contributed by atoms with Crippen molar-refractivity contribution in [1.29, 1.82) is 0 Å². The number of rotatable bonds is 7. The third-order valence-electron chi connectivity index (χ3n) is 8.01. The van der Waals surface area contributed by atoms with Gasteiger partial charge in [-0.25, -0.2) is 0 Å². The Labute approximate surface area is 190 Å². The normalized spacial score (nSPS) is 24.0. The van der Waals surface area contributed by atoms with Crippen molar-refractivity contribution in [2.24, 2.45) is 16.7 Å². The lowest BCUT2D eigenvalue weighted by atomic mass is 9.66. The molecule has 0 amide bonds. The van der Waals surface area contributed by atoms with Crippen LogP contribution in [-0.2, 0) is 4.43 Å². The second kappa shape index (κ2) is 9.05. The summed E-state index contributed by atoms with van der Waals surface area (Å²) < 4.78 is 7.25. The quantitative estimate of drug-likeness (QED) is 0.455. The van der Waals surface area contributed by atoms with Crippen LogP contribution in [0.25, 0.3) is 0 Å². The Kier molecular flexibility index (Phi) is 7.00. The number of hydrogen-bond acceptors (Lipinski definition) is 2. The second-order valence-corrected chi connectivity index (χ2v) is 15.2. The maximum absolute atomic E-state index is 9.32. The van der Waals surface area contributed by atoms with Crippen molar-refractivity contribution in [1.82, 2.24) is 0 Å². The molecule has 1 saturated carbocycles. The molecule has 0 radical (unpaired) electrons. The van der Waals surface area contributed by atoms with Crippen LogP contribution in [0.2, 0.25) is 5.04 Å². The molecule has 0 aromatic heterocycles. The van der Waals surface area contributed by atoms with Crippen LogP contribution in [0.4, 0.5) is 0 Å². The lowest BCUT2D eigenvalue weighted by Gasteiger charge is -2.45. The van der Waals surface area contributed by atoms with E-state index in [1.807, 2.05) is 6.08 Å². The van der Waals surface area contributed by atoms with Crippen LogP contribution in [0.3, 0.4) is 0 Å². The Balaban J connectivity index is 2.00. The van der Waals surface area contributed by atoms with Gasteiger partial charge in [0.15, 0.2) is 0 Å². The van der Waals surface area contributed by atoms with Gasteiger partial charge < -0.3 is 9.53 Å². The summed E-state index contributed by atoms with van der Waals surface area (Å²) in [6, 6.07) is 21.8. The maximum atomic E-state index is 9.32. The van der Waals surface area contributed by atoms with E-state index in [1.54, 1.807) is 0 Å². The monoisotopic (exact) mass is 436 g/mol. The fourth-order valence-corrected chi connectivity index (χ4v) is 10.1. The molecule has 0 spiro atoms. The highest BCUT2D eigenvalue weighted by Gasteiger charge is 2.54. The summed E-state index contributed by atoms with van der Waals surface area (Å²) in [4.78, 5) is 0. The van der Waals surface area contributed by atoms with Gasteiger partial charge in [-0.3, -0.25) is 0 Å². The number of allylic oxidation sites excluding steroid dienone is 1. The summed E-state index contributed by atoms with van der Waals surface area (Å²) in [5.41, 5.74) is 0.180. The summed E-state index contributed by atoms with van der Waals surface area (Å²) in [5.74, 6) is 0.475. The van der Waals surface area contributed by atoms with Crippen LogP contribution in [0.5, 0.6) is 0 Å². The molecular formula is C28H40O2Si. The fourth-order valence-electron chi connectivity index (χ4n) is 5.51. The Morgan fingerprint density at radius 2 is 1.48 bits per heavy atom. The van der Waals surface area contributed by atoms with E-state index in [2.05, 4.69) is 108 Å². The first kappa shape index (κ1) is 24.0. The first-order valence-electron chi connectivity index (χ1n) is 11.6. The zero-order valence-corrected chi connectivity index (χ0v) is 21.2. The third-order valence-corrected chi connectivity index (χ3v) is 13.0. The van der Waals surface area contributed by atoms with Gasteiger partial charge in [0.05, 0.1) is 6.61 Å². The molecule has 168 valence electrons. The molecule has 0 unspecified atom stereocenters. The zero-order valence-electron chi connectivity index (χ0n) is 20.2. The average Bonchev–Trinajstić information content (AvgIpc) is 2.97. The average molecular weight is 437 g/mol. The van der Waals surface area contributed by atoms with Gasteiger partial charge in [-0.15, -0.1) is 0 Å². The van der Waals surface area contributed by atoms with Gasteiger partial charge in [-0.1, -0.05) is 114 Å². The molecule has 0 heterocycles. The Bertz CT molecular complexity index is 827. The van der Waals surface area contributed by atoms with E-state index in [9.17, 15) is 5.11 Å². The van der Waals surface area contributed by atoms with Crippen LogP contribution >= 0.6 is 0 Å². The van der Waals surface area contributed by atoms with Gasteiger partial charge in [0, 0.05) is 6.61 Å². The summed E-state index contributed by atoms with van der Waals surface area (Å²) in [6.07, 6.45) is 6.42. The number of benzene rings is 2. The highest BCUT2D eigenvalue weighted by Crippen LogP contribution is 2.57. The molecule has 1 aliphatic rings. The van der Waals surface area contributed by atoms with Crippen LogP contribution in [0.15, 0.2) is 72.8 Å². The molecule has 0 aliphatic heterocycles. The van der Waals surface area contributed by atoms with Crippen molar-refractivity contribution >= 4 is 18.7 Å². The smallest absolute Gasteiger partial charge is 0.261 e. The van der Waals surface area contributed by atoms with E-state index in [4.69, 9.17) is 4.43 Å². The first-order chi connectivity index (χ1) is 14.6. The molecule has 3 rings (SSSR count). The minimum atomic E-state index is -2.51. The molecular weight excluding hydrogens is 396 g/mol. The molecule has 1 fully saturated rings. The Hall–Kier alpha value is -1.68. The summed E-state index contributed by atoms with van der Waals surface area (Å²) in [5, 5.41) is 12.0. The van der Waals surface area contributed by atoms with Crippen LogP contribution in [0, 0.1) is 16.7 Å². The van der Waals surface area contributed by atoms with Crippen LogP contribution in [-0.4, -0.2) is 26.6 Å². The van der Waals surface area contributed by atoms with E-state index in [0.29, 0.717) is 5.92 Å². The standard InChI is InChI=1S/C28H40O2Si/c1-26(2,3)31(24-14-9-7-10-15-24,25-16-11-8-12-17-25)30-22-23-18-20-28(6,19-13-21-29)27(23,4)5/h7-17,19,23,29H,18,20-22H2,1-6H3/t23-,28-/m0/s1. The number of aliphatic hydroxyl groups excluding tert-OH is 1. The van der Waals surface area contributed by atoms with E-state index in [-0.39, 0.29) is 22.5 Å². The largest absolute Gasteiger partial charge is 0.407 e. The first-order valence-corrected chi connectivity index (χ1v) is 13.5. The van der Waals surface area contributed by atoms with Crippen molar-refractivity contribution < 1.29 is 9.53 Å². The van der Waals surface area contributed by atoms with Gasteiger partial charge in [0.25, 0.3) is 8.32 Å². The second-order valence-electron chi connectivity index (χ2n) is 10.9. The summed E-state index contributed by atoms with van der Waals surface area (Å²) in [7, 11) is -2.51. The predicted octanol–water partition coefficient (Wildman–Crippen LogP) is 5.55. The molecule has 2 atom stereocenters. The highest BCUT2D eigenvalue weighted by molar-refractivity contribution is 6.99. The van der Waals surface area contributed by atoms with E-state index < -0.39 is 8.32 Å². The third kappa shape index (κ3) is 4.33. The van der Waals surface area contributed by atoms with Crippen LogP contribution < -0.4 is 10.4 Å². The molecule has 1 N–H and O–H groups in total. The van der Waals surface area contributed by atoms with Crippen molar-refractivity contribution in [2.45, 2.75) is 59.4 Å². The Morgan fingerprint density at radius 1 is 0.968 bits per heavy atom. The van der Waals surface area contributed by atoms with Crippen molar-refractivity contribution in [3.8, 4) is 0 Å². The lowest BCUT2D eigenvalue weighted by Crippen LogP contribution is -2.67. The zero-order chi connectivity index (χ0) is 22.8. The van der Waals surface area contributed by atoms with Crippen molar-refractivity contribution in [3.05, 3.63) is 72.8 Å². The highest BCUT2D eigenvalue weighted by atomic mass is 28.4. The molecule has 0 saturated heterocycles. The molecule has 2 nitrogen and oxygen atoms in total. The van der Waals surface area contributed by atoms with Crippen molar-refractivity contribution in [3.63, 3.8) is 0 Å². The maximum Gasteiger partial charge on any atom is 0.261 e. The Morgan fingerprint density at radius 3 is 1.94 bits per heavy atom. The molecule has 31 heavy (non-hydrogen) atoms. The van der Waals surface area contributed by atoms with Gasteiger partial charge in [-0.05, 0) is 45.0 Å². The lowest BCUT2D eigenvalue weighted by molar-refractivity contribution is 0.0909. The molecule has 0 bridgehead atoms. The number of hydrogen-bond donors (Lipinski definition) is 1. The van der Waals surface area contributed by atoms with E-state index in [0.717, 1.165) is 19.4 Å². The minimum Gasteiger partial charge on any atom is -0.407 e. The molecule has 3 heteroatoms. The van der Waals surface area contributed by atoms with Crippen molar-refractivity contribution in [2.75, 3.05) is 13.2 Å². The van der Waals surface area contributed by atoms with E-state index in [1.165, 1.54) is 10.4 Å². The van der Waals surface area contributed by atoms with Gasteiger partial charge in [0.2, 0.25) is 0 Å². The topological polar surface area (TPSA) is 29.5 Å². The van der Waals surface area contributed by atoms with Gasteiger partial charge in [-0.2, -0.15) is 0 Å². The number of aliphatic hydroxyl groups is 1. The van der Waals surface area contributed by atoms with Crippen LogP contribution in [0.1, 0.15) is 54.4 Å². The molecule has 1 aliphatic carbocycles. The predicted molar refractivity (Wildman–Crippen MR) is 134 cm³/mol. The summed E-state index contributed by atoms with van der Waals surface area (Å²) >= 11 is 0. The fraction of sp³-hybridized carbons (Fsp3) is 0.500. The van der Waals surface area contributed by atoms with Gasteiger partial charge in [0.1, 0.15) is 0 Å².